The van der Waals surface area contributed by atoms with Crippen molar-refractivity contribution < 1.29 is 9.53 Å². The third-order valence-electron chi connectivity index (χ3n) is 6.39. The van der Waals surface area contributed by atoms with Crippen molar-refractivity contribution in [2.24, 2.45) is 5.92 Å². The zero-order chi connectivity index (χ0) is 22.2. The maximum absolute atomic E-state index is 13.5. The number of carbonyl (C=O) groups is 1. The maximum Gasteiger partial charge on any atom is 0.267 e. The van der Waals surface area contributed by atoms with E-state index in [1.54, 1.807) is 17.2 Å². The van der Waals surface area contributed by atoms with Crippen molar-refractivity contribution in [2.75, 3.05) is 31.1 Å². The summed E-state index contributed by atoms with van der Waals surface area (Å²) in [7, 11) is 0. The normalized spacial score (nSPS) is 23.8. The third-order valence-corrected chi connectivity index (χ3v) is 7.77. The Morgan fingerprint density at radius 1 is 1.25 bits per heavy atom. The summed E-state index contributed by atoms with van der Waals surface area (Å²) < 4.78 is 7.74. The zero-order valence-corrected chi connectivity index (χ0v) is 19.7. The number of thiocarbonyl (C=S) groups is 1. The van der Waals surface area contributed by atoms with Crippen molar-refractivity contribution in [3.63, 3.8) is 0 Å². The molecule has 0 saturated carbocycles. The van der Waals surface area contributed by atoms with Crippen molar-refractivity contribution in [1.82, 2.24) is 14.3 Å². The monoisotopic (exact) mass is 470 g/mol. The Labute approximate surface area is 196 Å². The van der Waals surface area contributed by atoms with E-state index in [0.29, 0.717) is 38.7 Å². The molecule has 0 aliphatic carbocycles. The number of hydrogen-bond donors (Lipinski definition) is 0. The van der Waals surface area contributed by atoms with E-state index in [-0.39, 0.29) is 17.6 Å². The van der Waals surface area contributed by atoms with Crippen LogP contribution in [-0.2, 0) is 9.53 Å². The Hall–Kier alpha value is -2.23. The molecule has 0 bridgehead atoms. The molecule has 0 aromatic carbocycles. The maximum atomic E-state index is 13.5. The summed E-state index contributed by atoms with van der Waals surface area (Å²) in [5.74, 6) is 1.15. The molecular weight excluding hydrogens is 444 g/mol. The lowest BCUT2D eigenvalue weighted by atomic mass is 9.99. The number of piperidine rings is 1. The van der Waals surface area contributed by atoms with Gasteiger partial charge in [-0.1, -0.05) is 37.0 Å². The van der Waals surface area contributed by atoms with Gasteiger partial charge in [0.15, 0.2) is 0 Å². The lowest BCUT2D eigenvalue weighted by Crippen LogP contribution is -2.36. The zero-order valence-electron chi connectivity index (χ0n) is 18.0. The summed E-state index contributed by atoms with van der Waals surface area (Å²) in [5, 5.41) is 0. The number of nitrogens with zero attached hydrogens (tertiary/aromatic N) is 4. The van der Waals surface area contributed by atoms with Crippen LogP contribution in [0.2, 0.25) is 0 Å². The van der Waals surface area contributed by atoms with Crippen LogP contribution in [0.25, 0.3) is 11.7 Å². The van der Waals surface area contributed by atoms with Gasteiger partial charge in [-0.25, -0.2) is 4.98 Å². The van der Waals surface area contributed by atoms with E-state index in [2.05, 4.69) is 11.8 Å². The van der Waals surface area contributed by atoms with Gasteiger partial charge in [0.05, 0.1) is 23.1 Å². The average molecular weight is 471 g/mol. The standard InChI is InChI=1S/C23H26N4O3S2/c1-15-7-10-25(11-8-15)20-17(21(28)26-9-3-2-6-19(26)24-20)13-18-22(29)27(23(31)32-18)14-16-5-4-12-30-16/h2-3,6,9,13,15-16H,4-5,7-8,10-12,14H2,1H3/b18-13-/t16-/m0/s1. The van der Waals surface area contributed by atoms with Crippen LogP contribution in [0.3, 0.4) is 0 Å². The molecule has 1 atom stereocenters. The van der Waals surface area contributed by atoms with Gasteiger partial charge >= 0.3 is 0 Å². The molecule has 1 amide bonds. The molecule has 0 radical (unpaired) electrons. The number of ether oxygens (including phenoxy) is 1. The van der Waals surface area contributed by atoms with Gasteiger partial charge in [-0.15, -0.1) is 0 Å². The molecular formula is C23H26N4O3S2. The number of thioether (sulfide) groups is 1. The molecule has 2 aromatic heterocycles. The highest BCUT2D eigenvalue weighted by Crippen LogP contribution is 2.35. The minimum atomic E-state index is -0.173. The summed E-state index contributed by atoms with van der Waals surface area (Å²) in [6, 6.07) is 5.52. The summed E-state index contributed by atoms with van der Waals surface area (Å²) in [6.45, 7) is 5.13. The second-order valence-corrected chi connectivity index (χ2v) is 10.4. The van der Waals surface area contributed by atoms with Gasteiger partial charge in [-0.05, 0) is 49.8 Å². The average Bonchev–Trinajstić information content (AvgIpc) is 3.40. The van der Waals surface area contributed by atoms with Crippen molar-refractivity contribution in [2.45, 2.75) is 38.7 Å². The second kappa shape index (κ2) is 8.96. The molecule has 3 fully saturated rings. The second-order valence-electron chi connectivity index (χ2n) is 8.68. The first-order valence-corrected chi connectivity index (χ1v) is 12.4. The van der Waals surface area contributed by atoms with Gasteiger partial charge in [0, 0.05) is 25.9 Å². The number of fused-ring (bicyclic) bond motifs is 1. The van der Waals surface area contributed by atoms with E-state index in [0.717, 1.165) is 45.4 Å². The molecule has 2 aromatic rings. The van der Waals surface area contributed by atoms with Crippen LogP contribution in [0.1, 0.15) is 38.2 Å². The highest BCUT2D eigenvalue weighted by Gasteiger charge is 2.35. The van der Waals surface area contributed by atoms with Crippen molar-refractivity contribution >= 4 is 51.7 Å². The fraction of sp³-hybridized carbons (Fsp3) is 0.478. The van der Waals surface area contributed by atoms with Gasteiger partial charge in [-0.2, -0.15) is 0 Å². The molecule has 5 heterocycles. The quantitative estimate of drug-likeness (QED) is 0.502. The summed E-state index contributed by atoms with van der Waals surface area (Å²) in [5.41, 5.74) is 0.878. The van der Waals surface area contributed by atoms with Crippen LogP contribution >= 0.6 is 24.0 Å². The van der Waals surface area contributed by atoms with Crippen LogP contribution in [-0.4, -0.2) is 56.9 Å². The lowest BCUT2D eigenvalue weighted by molar-refractivity contribution is -0.123. The van der Waals surface area contributed by atoms with E-state index in [1.807, 2.05) is 18.2 Å². The fourth-order valence-electron chi connectivity index (χ4n) is 4.46. The predicted octanol–water partition coefficient (Wildman–Crippen LogP) is 3.31. The van der Waals surface area contributed by atoms with Crippen molar-refractivity contribution in [3.05, 3.63) is 45.2 Å². The molecule has 0 N–H and O–H groups in total. The van der Waals surface area contributed by atoms with E-state index < -0.39 is 0 Å². The van der Waals surface area contributed by atoms with Crippen LogP contribution in [0.15, 0.2) is 34.1 Å². The largest absolute Gasteiger partial charge is 0.376 e. The Morgan fingerprint density at radius 3 is 2.81 bits per heavy atom. The van der Waals surface area contributed by atoms with Crippen LogP contribution < -0.4 is 10.5 Å². The number of carbonyl (C=O) groups excluding carboxylic acids is 1. The van der Waals surface area contributed by atoms with Gasteiger partial charge in [-0.3, -0.25) is 18.9 Å². The molecule has 3 aliphatic heterocycles. The number of aromatic nitrogens is 2. The van der Waals surface area contributed by atoms with Gasteiger partial charge in [0.2, 0.25) is 0 Å². The minimum absolute atomic E-state index is 0.0238. The molecule has 32 heavy (non-hydrogen) atoms. The Bertz CT molecular complexity index is 1150. The number of amides is 1. The lowest BCUT2D eigenvalue weighted by Gasteiger charge is -2.32. The Morgan fingerprint density at radius 2 is 2.06 bits per heavy atom. The molecule has 5 rings (SSSR count). The molecule has 7 nitrogen and oxygen atoms in total. The van der Waals surface area contributed by atoms with Crippen LogP contribution in [0, 0.1) is 5.92 Å². The predicted molar refractivity (Wildman–Crippen MR) is 131 cm³/mol. The van der Waals surface area contributed by atoms with Crippen LogP contribution in [0.4, 0.5) is 5.82 Å². The highest BCUT2D eigenvalue weighted by molar-refractivity contribution is 8.26. The topological polar surface area (TPSA) is 67.2 Å². The molecule has 3 aliphatic rings. The van der Waals surface area contributed by atoms with Crippen molar-refractivity contribution in [1.29, 1.82) is 0 Å². The van der Waals surface area contributed by atoms with E-state index in [4.69, 9.17) is 21.9 Å². The molecule has 3 saturated heterocycles. The van der Waals surface area contributed by atoms with E-state index in [9.17, 15) is 9.59 Å². The highest BCUT2D eigenvalue weighted by atomic mass is 32.2. The minimum Gasteiger partial charge on any atom is -0.376 e. The first-order valence-electron chi connectivity index (χ1n) is 11.1. The molecule has 0 unspecified atom stereocenters. The van der Waals surface area contributed by atoms with E-state index in [1.165, 1.54) is 16.2 Å². The van der Waals surface area contributed by atoms with E-state index >= 15 is 0 Å². The first kappa shape index (κ1) is 21.6. The molecule has 168 valence electrons. The van der Waals surface area contributed by atoms with Crippen LogP contribution in [0.5, 0.6) is 0 Å². The fourth-order valence-corrected chi connectivity index (χ4v) is 5.72. The van der Waals surface area contributed by atoms with Gasteiger partial charge in [0.25, 0.3) is 11.5 Å². The number of rotatable bonds is 4. The smallest absolute Gasteiger partial charge is 0.267 e. The molecule has 9 heteroatoms. The molecule has 0 spiro atoms. The summed E-state index contributed by atoms with van der Waals surface area (Å²) in [6.07, 6.45) is 7.48. The SMILES string of the molecule is CC1CCN(c2nc3ccccn3c(=O)c2/C=C2\SC(=S)N(C[C@@H]3CCCO3)C2=O)CC1. The Kier molecular flexibility index (Phi) is 6.05. The summed E-state index contributed by atoms with van der Waals surface area (Å²) in [4.78, 5) is 35.7. The van der Waals surface area contributed by atoms with Crippen molar-refractivity contribution in [3.8, 4) is 0 Å². The summed E-state index contributed by atoms with van der Waals surface area (Å²) >= 11 is 6.74. The van der Waals surface area contributed by atoms with Gasteiger partial charge in [0.1, 0.15) is 15.8 Å². The number of pyridine rings is 1. The van der Waals surface area contributed by atoms with Gasteiger partial charge < -0.3 is 9.64 Å². The first-order chi connectivity index (χ1) is 15.5. The Balaban J connectivity index is 1.54. The number of hydrogen-bond acceptors (Lipinski definition) is 7. The third kappa shape index (κ3) is 4.09. The number of anilines is 1.